The maximum Gasteiger partial charge on any atom is 0.573 e. The monoisotopic (exact) mass is 431 g/mol. The molecule has 1 fully saturated rings. The molecule has 8 heteroatoms. The minimum Gasteiger partial charge on any atom is -0.491 e. The fraction of sp³-hybridized carbons (Fsp3) is 0.261. The molecule has 1 unspecified atom stereocenters. The molecule has 0 radical (unpaired) electrons. The van der Waals surface area contributed by atoms with Gasteiger partial charge < -0.3 is 19.1 Å². The molecular formula is C23H20F3NO4. The average Bonchev–Trinajstić information content (AvgIpc) is 2.75. The number of alkyl halides is 3. The number of hydrogen-bond acceptors (Lipinski definition) is 4. The Kier molecular flexibility index (Phi) is 7.21. The average molecular weight is 431 g/mol. The van der Waals surface area contributed by atoms with Crippen molar-refractivity contribution in [1.29, 1.82) is 0 Å². The fourth-order valence-corrected chi connectivity index (χ4v) is 2.97. The van der Waals surface area contributed by atoms with E-state index in [4.69, 9.17) is 15.9 Å². The van der Waals surface area contributed by atoms with Gasteiger partial charge in [-0.1, -0.05) is 24.1 Å². The first kappa shape index (κ1) is 22.2. The summed E-state index contributed by atoms with van der Waals surface area (Å²) in [6, 6.07) is 12.5. The highest BCUT2D eigenvalue weighted by Crippen LogP contribution is 2.23. The van der Waals surface area contributed by atoms with Crippen LogP contribution in [0, 0.1) is 12.3 Å². The summed E-state index contributed by atoms with van der Waals surface area (Å²) in [5.41, 5.74) is 1.12. The highest BCUT2D eigenvalue weighted by atomic mass is 19.4. The van der Waals surface area contributed by atoms with Gasteiger partial charge in [0.05, 0.1) is 13.2 Å². The highest BCUT2D eigenvalue weighted by Gasteiger charge is 2.31. The number of benzene rings is 2. The van der Waals surface area contributed by atoms with Gasteiger partial charge in [0.2, 0.25) is 5.91 Å². The van der Waals surface area contributed by atoms with E-state index in [0.717, 1.165) is 0 Å². The third-order valence-electron chi connectivity index (χ3n) is 4.40. The molecule has 0 bridgehead atoms. The van der Waals surface area contributed by atoms with Gasteiger partial charge >= 0.3 is 6.36 Å². The SMILES string of the molecule is C#Cc1cccc(OCC2CN(C(=O)/C=C/c3cccc(OC(F)(F)F)c3)CCO2)c1. The van der Waals surface area contributed by atoms with Gasteiger partial charge in [-0.2, -0.15) is 0 Å². The molecule has 2 aromatic carbocycles. The predicted octanol–water partition coefficient (Wildman–Crippen LogP) is 3.89. The van der Waals surface area contributed by atoms with E-state index in [0.29, 0.717) is 36.6 Å². The summed E-state index contributed by atoms with van der Waals surface area (Å²) in [5.74, 6) is 2.53. The van der Waals surface area contributed by atoms with Crippen LogP contribution in [0.1, 0.15) is 11.1 Å². The minimum atomic E-state index is -4.77. The van der Waals surface area contributed by atoms with Crippen molar-refractivity contribution in [3.63, 3.8) is 0 Å². The third-order valence-corrected chi connectivity index (χ3v) is 4.40. The summed E-state index contributed by atoms with van der Waals surface area (Å²) in [6.45, 7) is 1.34. The van der Waals surface area contributed by atoms with Crippen LogP contribution in [0.15, 0.2) is 54.6 Å². The van der Waals surface area contributed by atoms with Gasteiger partial charge in [-0.05, 0) is 42.0 Å². The number of halogens is 3. The summed E-state index contributed by atoms with van der Waals surface area (Å²) in [7, 11) is 0. The van der Waals surface area contributed by atoms with Gasteiger partial charge in [-0.3, -0.25) is 4.79 Å². The van der Waals surface area contributed by atoms with Gasteiger partial charge in [-0.25, -0.2) is 0 Å². The van der Waals surface area contributed by atoms with Crippen molar-refractivity contribution in [3.8, 4) is 23.8 Å². The summed E-state index contributed by atoms with van der Waals surface area (Å²) < 4.78 is 52.3. The van der Waals surface area contributed by atoms with Gasteiger partial charge in [-0.15, -0.1) is 19.6 Å². The van der Waals surface area contributed by atoms with Crippen molar-refractivity contribution in [2.45, 2.75) is 12.5 Å². The highest BCUT2D eigenvalue weighted by molar-refractivity contribution is 5.91. The Morgan fingerprint density at radius 2 is 2.00 bits per heavy atom. The van der Waals surface area contributed by atoms with Gasteiger partial charge in [0.15, 0.2) is 0 Å². The summed E-state index contributed by atoms with van der Waals surface area (Å²) in [6.07, 6.45) is 3.04. The zero-order valence-corrected chi connectivity index (χ0v) is 16.5. The second-order valence-corrected chi connectivity index (χ2v) is 6.71. The van der Waals surface area contributed by atoms with Crippen LogP contribution in [0.25, 0.3) is 6.08 Å². The number of rotatable bonds is 6. The van der Waals surface area contributed by atoms with Crippen molar-refractivity contribution in [2.75, 3.05) is 26.3 Å². The first-order valence-electron chi connectivity index (χ1n) is 9.46. The molecule has 0 spiro atoms. The number of morpholine rings is 1. The third kappa shape index (κ3) is 7.08. The summed E-state index contributed by atoms with van der Waals surface area (Å²) in [5, 5.41) is 0. The maximum absolute atomic E-state index is 12.5. The number of ether oxygens (including phenoxy) is 3. The molecule has 1 heterocycles. The molecule has 5 nitrogen and oxygen atoms in total. The molecule has 0 aliphatic carbocycles. The number of carbonyl (C=O) groups excluding carboxylic acids is 1. The Morgan fingerprint density at radius 3 is 2.77 bits per heavy atom. The van der Waals surface area contributed by atoms with Crippen molar-refractivity contribution in [2.24, 2.45) is 0 Å². The molecule has 0 N–H and O–H groups in total. The Morgan fingerprint density at radius 1 is 1.23 bits per heavy atom. The largest absolute Gasteiger partial charge is 0.573 e. The van der Waals surface area contributed by atoms with Crippen molar-refractivity contribution in [1.82, 2.24) is 4.90 Å². The molecule has 162 valence electrons. The zero-order valence-electron chi connectivity index (χ0n) is 16.5. The maximum atomic E-state index is 12.5. The molecule has 0 saturated carbocycles. The predicted molar refractivity (Wildman–Crippen MR) is 108 cm³/mol. The van der Waals surface area contributed by atoms with Crippen molar-refractivity contribution >= 4 is 12.0 Å². The number of nitrogens with zero attached hydrogens (tertiary/aromatic N) is 1. The van der Waals surface area contributed by atoms with Crippen molar-refractivity contribution < 1.29 is 32.2 Å². The van der Waals surface area contributed by atoms with Crippen LogP contribution in [0.3, 0.4) is 0 Å². The number of carbonyl (C=O) groups is 1. The fourth-order valence-electron chi connectivity index (χ4n) is 2.97. The lowest BCUT2D eigenvalue weighted by atomic mass is 10.2. The summed E-state index contributed by atoms with van der Waals surface area (Å²) in [4.78, 5) is 14.1. The Hall–Kier alpha value is -3.44. The van der Waals surface area contributed by atoms with E-state index in [-0.39, 0.29) is 24.4 Å². The van der Waals surface area contributed by atoms with E-state index in [1.807, 2.05) is 0 Å². The van der Waals surface area contributed by atoms with E-state index in [1.54, 1.807) is 35.2 Å². The normalized spacial score (nSPS) is 16.7. The van der Waals surface area contributed by atoms with E-state index in [9.17, 15) is 18.0 Å². The Balaban J connectivity index is 1.54. The van der Waals surface area contributed by atoms with E-state index >= 15 is 0 Å². The molecule has 1 amide bonds. The van der Waals surface area contributed by atoms with Crippen LogP contribution >= 0.6 is 0 Å². The molecular weight excluding hydrogens is 411 g/mol. The first-order chi connectivity index (χ1) is 14.8. The number of hydrogen-bond donors (Lipinski definition) is 0. The lowest BCUT2D eigenvalue weighted by Crippen LogP contribution is -2.47. The molecule has 1 aliphatic heterocycles. The summed E-state index contributed by atoms with van der Waals surface area (Å²) >= 11 is 0. The van der Waals surface area contributed by atoms with Gasteiger partial charge in [0.25, 0.3) is 0 Å². The molecule has 1 atom stereocenters. The van der Waals surface area contributed by atoms with E-state index < -0.39 is 6.36 Å². The van der Waals surface area contributed by atoms with Crippen LogP contribution in [0.5, 0.6) is 11.5 Å². The lowest BCUT2D eigenvalue weighted by molar-refractivity contribution is -0.274. The molecule has 31 heavy (non-hydrogen) atoms. The molecule has 1 saturated heterocycles. The second-order valence-electron chi connectivity index (χ2n) is 6.71. The topological polar surface area (TPSA) is 48.0 Å². The lowest BCUT2D eigenvalue weighted by Gasteiger charge is -2.32. The van der Waals surface area contributed by atoms with Crippen LogP contribution < -0.4 is 9.47 Å². The van der Waals surface area contributed by atoms with E-state index in [2.05, 4.69) is 10.7 Å². The number of terminal acetylenes is 1. The smallest absolute Gasteiger partial charge is 0.491 e. The molecule has 3 rings (SSSR count). The van der Waals surface area contributed by atoms with Crippen LogP contribution in [-0.2, 0) is 9.53 Å². The molecule has 2 aromatic rings. The van der Waals surface area contributed by atoms with Gasteiger partial charge in [0.1, 0.15) is 24.2 Å². The standard InChI is InChI=1S/C23H20F3NO4/c1-2-17-5-3-7-19(13-17)30-16-21-15-27(11-12-29-21)22(28)10-9-18-6-4-8-20(14-18)31-23(24,25)26/h1,3-10,13-14,21H,11-12,15-16H2/b10-9+. The molecule has 0 aromatic heterocycles. The Labute approximate surface area is 178 Å². The van der Waals surface area contributed by atoms with Crippen LogP contribution in [-0.4, -0.2) is 49.6 Å². The van der Waals surface area contributed by atoms with E-state index in [1.165, 1.54) is 30.4 Å². The van der Waals surface area contributed by atoms with Crippen LogP contribution in [0.4, 0.5) is 13.2 Å². The van der Waals surface area contributed by atoms with Crippen LogP contribution in [0.2, 0.25) is 0 Å². The minimum absolute atomic E-state index is 0.248. The molecule has 1 aliphatic rings. The zero-order chi connectivity index (χ0) is 22.3. The first-order valence-corrected chi connectivity index (χ1v) is 9.46. The van der Waals surface area contributed by atoms with Gasteiger partial charge in [0, 0.05) is 18.2 Å². The van der Waals surface area contributed by atoms with Crippen molar-refractivity contribution in [3.05, 3.63) is 65.7 Å². The quantitative estimate of drug-likeness (QED) is 0.515. The number of amides is 1. The Bertz CT molecular complexity index is 981. The second kappa shape index (κ2) is 10.0.